The van der Waals surface area contributed by atoms with E-state index in [9.17, 15) is 14.3 Å². The molecule has 38 heavy (non-hydrogen) atoms. The van der Waals surface area contributed by atoms with Crippen LogP contribution in [0.5, 0.6) is 0 Å². The molecule has 0 fully saturated rings. The number of quaternary nitrogens is 1. The molecule has 0 heterocycles. The average molecular weight is 565 g/mol. The van der Waals surface area contributed by atoms with Gasteiger partial charge in [-0.15, -0.1) is 0 Å². The van der Waals surface area contributed by atoms with Crippen molar-refractivity contribution in [2.75, 3.05) is 54.1 Å². The minimum absolute atomic E-state index is 0.0736. The van der Waals surface area contributed by atoms with Gasteiger partial charge in [-0.2, -0.15) is 0 Å². The van der Waals surface area contributed by atoms with Crippen LogP contribution in [-0.4, -0.2) is 75.6 Å². The zero-order valence-electron chi connectivity index (χ0n) is 25.0. The molecule has 0 bridgehead atoms. The first-order valence-corrected chi connectivity index (χ1v) is 16.4. The summed E-state index contributed by atoms with van der Waals surface area (Å²) in [5, 5.41) is 0. The van der Waals surface area contributed by atoms with Crippen molar-refractivity contribution in [1.82, 2.24) is 0 Å². The zero-order valence-corrected chi connectivity index (χ0v) is 25.9. The molecule has 0 saturated carbocycles. The number of likely N-dealkylation sites (N-methyl/N-ethyl adjacent to an activating group) is 1. The van der Waals surface area contributed by atoms with E-state index in [1.807, 2.05) is 21.1 Å². The Labute approximate surface area is 233 Å². The fourth-order valence-electron chi connectivity index (χ4n) is 3.94. The number of phosphoric ester groups is 1. The molecule has 1 N–H and O–H groups in total. The first kappa shape index (κ1) is 37.2. The number of carbonyl (C=O) groups excluding carboxylic acids is 1. The van der Waals surface area contributed by atoms with Crippen LogP contribution in [0.3, 0.4) is 0 Å². The summed E-state index contributed by atoms with van der Waals surface area (Å²) in [6, 6.07) is 0. The third-order valence-corrected chi connectivity index (χ3v) is 7.32. The van der Waals surface area contributed by atoms with E-state index in [0.717, 1.165) is 18.9 Å². The van der Waals surface area contributed by atoms with Gasteiger partial charge < -0.3 is 18.9 Å². The lowest BCUT2D eigenvalue weighted by Gasteiger charge is -2.24. The van der Waals surface area contributed by atoms with Gasteiger partial charge in [0.1, 0.15) is 19.3 Å². The number of rotatable bonds is 28. The second-order valence-electron chi connectivity index (χ2n) is 11.3. The summed E-state index contributed by atoms with van der Waals surface area (Å²) in [7, 11) is 1.61. The van der Waals surface area contributed by atoms with E-state index in [2.05, 4.69) is 13.5 Å². The number of carbonyl (C=O) groups is 1. The minimum Gasteiger partial charge on any atom is -0.454 e. The van der Waals surface area contributed by atoms with Crippen molar-refractivity contribution >= 4 is 13.8 Å². The molecule has 0 aliphatic carbocycles. The van der Waals surface area contributed by atoms with Crippen LogP contribution in [0.4, 0.5) is 0 Å². The molecule has 0 aliphatic rings. The summed E-state index contributed by atoms with van der Waals surface area (Å²) in [5.41, 5.74) is 0. The topological polar surface area (TPSA) is 91.3 Å². The van der Waals surface area contributed by atoms with Crippen LogP contribution in [0.15, 0.2) is 12.7 Å². The number of hydrogen-bond donors (Lipinski definition) is 1. The highest BCUT2D eigenvalue weighted by Crippen LogP contribution is 2.43. The highest BCUT2D eigenvalue weighted by atomic mass is 31.2. The highest BCUT2D eigenvalue weighted by molar-refractivity contribution is 7.47. The molecule has 0 rings (SSSR count). The molecule has 0 aromatic rings. The number of unbranched alkanes of at least 4 members (excludes halogenated alkanes) is 15. The second kappa shape index (κ2) is 24.1. The Kier molecular flexibility index (Phi) is 23.6. The zero-order chi connectivity index (χ0) is 28.5. The molecule has 9 heteroatoms. The van der Waals surface area contributed by atoms with Crippen molar-refractivity contribution < 1.29 is 37.3 Å². The molecule has 2 atom stereocenters. The van der Waals surface area contributed by atoms with Gasteiger partial charge in [-0.3, -0.25) is 9.05 Å². The lowest BCUT2D eigenvalue weighted by atomic mass is 10.0. The van der Waals surface area contributed by atoms with Gasteiger partial charge >= 0.3 is 13.8 Å². The fraction of sp³-hybridized carbons (Fsp3) is 0.897. The van der Waals surface area contributed by atoms with E-state index >= 15 is 0 Å². The quantitative estimate of drug-likeness (QED) is 0.0353. The summed E-state index contributed by atoms with van der Waals surface area (Å²) < 4.78 is 33.6. The maximum Gasteiger partial charge on any atom is 0.472 e. The van der Waals surface area contributed by atoms with Gasteiger partial charge in [0.05, 0.1) is 34.4 Å². The van der Waals surface area contributed by atoms with Gasteiger partial charge in [0.15, 0.2) is 0 Å². The molecule has 226 valence electrons. The van der Waals surface area contributed by atoms with Gasteiger partial charge in [0, 0.05) is 12.7 Å². The Morgan fingerprint density at radius 1 is 0.789 bits per heavy atom. The molecule has 1 unspecified atom stereocenters. The largest absolute Gasteiger partial charge is 0.472 e. The van der Waals surface area contributed by atoms with E-state index in [4.69, 9.17) is 18.5 Å². The van der Waals surface area contributed by atoms with Crippen LogP contribution < -0.4 is 0 Å². The van der Waals surface area contributed by atoms with E-state index < -0.39 is 19.9 Å². The Morgan fingerprint density at radius 2 is 1.26 bits per heavy atom. The number of nitrogens with zero attached hydrogens (tertiary/aromatic N) is 1. The lowest BCUT2D eigenvalue weighted by molar-refractivity contribution is -0.870. The van der Waals surface area contributed by atoms with E-state index in [-0.39, 0.29) is 19.8 Å². The van der Waals surface area contributed by atoms with Crippen molar-refractivity contribution in [3.63, 3.8) is 0 Å². The Bertz CT molecular complexity index is 625. The van der Waals surface area contributed by atoms with E-state index in [1.54, 1.807) is 0 Å². The SMILES string of the molecule is C=CC(=O)O[C@@H](COCCCCCCCCCCCCCCCCCC)COP(=O)(O)OCC[N+](C)(C)C. The van der Waals surface area contributed by atoms with Gasteiger partial charge in [0.25, 0.3) is 0 Å². The predicted molar refractivity (Wildman–Crippen MR) is 155 cm³/mol. The number of phosphoric acid groups is 1. The summed E-state index contributed by atoms with van der Waals surface area (Å²) in [6.45, 7) is 6.60. The molecular formula is C29H59NO7P+. The molecule has 8 nitrogen and oxygen atoms in total. The predicted octanol–water partition coefficient (Wildman–Crippen LogP) is 7.20. The van der Waals surface area contributed by atoms with Crippen LogP contribution in [0.1, 0.15) is 110 Å². The summed E-state index contributed by atoms with van der Waals surface area (Å²) in [5.74, 6) is -0.636. The smallest absolute Gasteiger partial charge is 0.454 e. The third-order valence-electron chi connectivity index (χ3n) is 6.34. The van der Waals surface area contributed by atoms with Crippen molar-refractivity contribution in [3.05, 3.63) is 12.7 Å². The van der Waals surface area contributed by atoms with Crippen molar-refractivity contribution in [2.24, 2.45) is 0 Å². The normalized spacial score (nSPS) is 14.2. The average Bonchev–Trinajstić information content (AvgIpc) is 2.85. The van der Waals surface area contributed by atoms with Crippen molar-refractivity contribution in [3.8, 4) is 0 Å². The van der Waals surface area contributed by atoms with Crippen molar-refractivity contribution in [2.45, 2.75) is 116 Å². The van der Waals surface area contributed by atoms with E-state index in [0.29, 0.717) is 17.6 Å². The molecule has 0 saturated heterocycles. The maximum absolute atomic E-state index is 12.1. The standard InChI is InChI=1S/C29H58NO7P/c1-6-8-9-10-11-12-13-14-15-16-17-18-19-20-21-22-24-34-26-28(37-29(31)7-2)27-36-38(32,33)35-25-23-30(3,4)5/h7,28H,2,6,8-27H2,1,3-5H3/p+1/t28-/m0/s1. The Morgan fingerprint density at radius 3 is 1.71 bits per heavy atom. The molecular weight excluding hydrogens is 505 g/mol. The number of hydrogen-bond acceptors (Lipinski definition) is 6. The highest BCUT2D eigenvalue weighted by Gasteiger charge is 2.26. The van der Waals surface area contributed by atoms with Gasteiger partial charge in [0.2, 0.25) is 0 Å². The fourth-order valence-corrected chi connectivity index (χ4v) is 4.68. The maximum atomic E-state index is 12.1. The molecule has 0 aliphatic heterocycles. The Hall–Kier alpha value is -0.760. The summed E-state index contributed by atoms with van der Waals surface area (Å²) in [4.78, 5) is 21.5. The van der Waals surface area contributed by atoms with Gasteiger partial charge in [-0.05, 0) is 6.42 Å². The number of esters is 1. The van der Waals surface area contributed by atoms with Crippen LogP contribution in [0.2, 0.25) is 0 Å². The number of ether oxygens (including phenoxy) is 2. The summed E-state index contributed by atoms with van der Waals surface area (Å²) in [6.07, 6.45) is 21.2. The van der Waals surface area contributed by atoms with E-state index in [1.165, 1.54) is 89.9 Å². The van der Waals surface area contributed by atoms with Gasteiger partial charge in [-0.25, -0.2) is 9.36 Å². The molecule has 0 amide bonds. The minimum atomic E-state index is -4.25. The Balaban J connectivity index is 3.81. The molecule has 0 aromatic carbocycles. The molecule has 0 spiro atoms. The second-order valence-corrected chi connectivity index (χ2v) is 12.7. The summed E-state index contributed by atoms with van der Waals surface area (Å²) >= 11 is 0. The molecule has 0 radical (unpaired) electrons. The molecule has 0 aromatic heterocycles. The van der Waals surface area contributed by atoms with Crippen molar-refractivity contribution in [1.29, 1.82) is 0 Å². The van der Waals surface area contributed by atoms with Gasteiger partial charge in [-0.1, -0.05) is 110 Å². The first-order chi connectivity index (χ1) is 18.1. The van der Waals surface area contributed by atoms with Crippen LogP contribution in [-0.2, 0) is 27.9 Å². The first-order valence-electron chi connectivity index (χ1n) is 14.9. The third kappa shape index (κ3) is 26.8. The monoisotopic (exact) mass is 564 g/mol. The van der Waals surface area contributed by atoms with Crippen LogP contribution in [0, 0.1) is 0 Å². The van der Waals surface area contributed by atoms with Crippen LogP contribution >= 0.6 is 7.82 Å². The lowest BCUT2D eigenvalue weighted by Crippen LogP contribution is -2.37. The van der Waals surface area contributed by atoms with Crippen LogP contribution in [0.25, 0.3) is 0 Å².